The first-order valence-corrected chi connectivity index (χ1v) is 6.73. The second-order valence-electron chi connectivity index (χ2n) is 4.25. The van der Waals surface area contributed by atoms with Crippen LogP contribution in [0.1, 0.15) is 28.4 Å². The number of rotatable bonds is 6. The molecule has 0 aliphatic heterocycles. The van der Waals surface area contributed by atoms with E-state index in [1.54, 1.807) is 22.8 Å². The first-order valence-electron chi connectivity index (χ1n) is 6.20. The van der Waals surface area contributed by atoms with Gasteiger partial charge in [-0.25, -0.2) is 4.79 Å². The molecule has 0 bridgehead atoms. The number of nitrogens with zero attached hydrogens (tertiary/aromatic N) is 3. The minimum Gasteiger partial charge on any atom is -0.478 e. The van der Waals surface area contributed by atoms with Crippen molar-refractivity contribution in [1.29, 1.82) is 0 Å². The number of nitrogens with two attached hydrogens (primary N) is 1. The minimum absolute atomic E-state index is 0.201. The predicted octanol–water partition coefficient (Wildman–Crippen LogP) is 1.60. The molecule has 0 saturated carbocycles. The van der Waals surface area contributed by atoms with Crippen molar-refractivity contribution < 1.29 is 9.90 Å². The van der Waals surface area contributed by atoms with Crippen molar-refractivity contribution in [1.82, 2.24) is 14.8 Å². The molecule has 3 N–H and O–H groups in total. The SMILES string of the molecule is NCCCc1nnc(CCl)n1-c1cccc(C(=O)O)c1. The first kappa shape index (κ1) is 14.5. The van der Waals surface area contributed by atoms with Crippen LogP contribution < -0.4 is 5.73 Å². The highest BCUT2D eigenvalue weighted by Crippen LogP contribution is 2.17. The number of benzene rings is 1. The van der Waals surface area contributed by atoms with Crippen LogP contribution in [0.3, 0.4) is 0 Å². The van der Waals surface area contributed by atoms with Gasteiger partial charge < -0.3 is 10.8 Å². The third-order valence-electron chi connectivity index (χ3n) is 2.87. The summed E-state index contributed by atoms with van der Waals surface area (Å²) in [6, 6.07) is 6.60. The number of aromatic nitrogens is 3. The van der Waals surface area contributed by atoms with Crippen LogP contribution in [0.25, 0.3) is 5.69 Å². The molecule has 0 fully saturated rings. The van der Waals surface area contributed by atoms with Gasteiger partial charge in [0.1, 0.15) is 5.82 Å². The van der Waals surface area contributed by atoms with E-state index in [-0.39, 0.29) is 11.4 Å². The molecule has 2 rings (SSSR count). The molecule has 106 valence electrons. The number of carboxylic acid groups (broad SMARTS) is 1. The lowest BCUT2D eigenvalue weighted by molar-refractivity contribution is 0.0697. The molecule has 7 heteroatoms. The highest BCUT2D eigenvalue weighted by atomic mass is 35.5. The van der Waals surface area contributed by atoms with E-state index >= 15 is 0 Å². The van der Waals surface area contributed by atoms with E-state index in [1.807, 2.05) is 0 Å². The molecule has 0 radical (unpaired) electrons. The van der Waals surface area contributed by atoms with Crippen LogP contribution in [0.5, 0.6) is 0 Å². The Morgan fingerprint density at radius 3 is 2.75 bits per heavy atom. The standard InChI is InChI=1S/C13H15ClN4O2/c14-8-12-17-16-11(5-2-6-15)18(12)10-4-1-3-9(7-10)13(19)20/h1,3-4,7H,2,5-6,8,15H2,(H,19,20). The van der Waals surface area contributed by atoms with Gasteiger partial charge in [0.25, 0.3) is 0 Å². The molecular weight excluding hydrogens is 280 g/mol. The Morgan fingerprint density at radius 1 is 1.35 bits per heavy atom. The Morgan fingerprint density at radius 2 is 2.10 bits per heavy atom. The normalized spacial score (nSPS) is 10.7. The minimum atomic E-state index is -0.976. The van der Waals surface area contributed by atoms with Crippen molar-refractivity contribution >= 4 is 17.6 Å². The van der Waals surface area contributed by atoms with Gasteiger partial charge >= 0.3 is 5.97 Å². The Hall–Kier alpha value is -1.92. The number of carbonyl (C=O) groups is 1. The Kier molecular flexibility index (Phi) is 4.70. The van der Waals surface area contributed by atoms with Crippen molar-refractivity contribution in [2.75, 3.05) is 6.54 Å². The zero-order chi connectivity index (χ0) is 14.5. The summed E-state index contributed by atoms with van der Waals surface area (Å²) < 4.78 is 1.79. The molecule has 0 saturated heterocycles. The number of aromatic carboxylic acids is 1. The van der Waals surface area contributed by atoms with E-state index in [2.05, 4.69) is 10.2 Å². The summed E-state index contributed by atoms with van der Waals surface area (Å²) in [5.74, 6) is 0.540. The van der Waals surface area contributed by atoms with Crippen LogP contribution in [0, 0.1) is 0 Å². The van der Waals surface area contributed by atoms with Crippen LogP contribution >= 0.6 is 11.6 Å². The molecule has 0 aliphatic rings. The topological polar surface area (TPSA) is 94.0 Å². The maximum absolute atomic E-state index is 11.1. The van der Waals surface area contributed by atoms with Gasteiger partial charge in [0, 0.05) is 12.1 Å². The quantitative estimate of drug-likeness (QED) is 0.789. The summed E-state index contributed by atoms with van der Waals surface area (Å²) in [4.78, 5) is 11.1. The highest BCUT2D eigenvalue weighted by molar-refractivity contribution is 6.16. The zero-order valence-electron chi connectivity index (χ0n) is 10.8. The molecule has 0 unspecified atom stereocenters. The van der Waals surface area contributed by atoms with E-state index < -0.39 is 5.97 Å². The summed E-state index contributed by atoms with van der Waals surface area (Å²) in [7, 11) is 0. The van der Waals surface area contributed by atoms with Crippen LogP contribution in [-0.2, 0) is 12.3 Å². The van der Waals surface area contributed by atoms with E-state index in [9.17, 15) is 4.79 Å². The monoisotopic (exact) mass is 294 g/mol. The summed E-state index contributed by atoms with van der Waals surface area (Å²) in [6.45, 7) is 0.554. The van der Waals surface area contributed by atoms with Gasteiger partial charge in [0.2, 0.25) is 0 Å². The second-order valence-corrected chi connectivity index (χ2v) is 4.52. The Labute approximate surface area is 121 Å². The lowest BCUT2D eigenvalue weighted by Gasteiger charge is -2.09. The van der Waals surface area contributed by atoms with Gasteiger partial charge in [0.05, 0.1) is 11.4 Å². The molecule has 1 aromatic heterocycles. The fraction of sp³-hybridized carbons (Fsp3) is 0.308. The summed E-state index contributed by atoms with van der Waals surface area (Å²) >= 11 is 5.87. The van der Waals surface area contributed by atoms with Gasteiger partial charge in [0.15, 0.2) is 5.82 Å². The van der Waals surface area contributed by atoms with Gasteiger partial charge in [-0.2, -0.15) is 0 Å². The number of hydrogen-bond donors (Lipinski definition) is 2. The number of halogens is 1. The first-order chi connectivity index (χ1) is 9.67. The van der Waals surface area contributed by atoms with Crippen LogP contribution in [-0.4, -0.2) is 32.4 Å². The van der Waals surface area contributed by atoms with Crippen molar-refractivity contribution in [3.8, 4) is 5.69 Å². The second kappa shape index (κ2) is 6.49. The fourth-order valence-electron chi connectivity index (χ4n) is 1.94. The average molecular weight is 295 g/mol. The van der Waals surface area contributed by atoms with Gasteiger partial charge in [-0.05, 0) is 31.2 Å². The van der Waals surface area contributed by atoms with Gasteiger partial charge in [-0.1, -0.05) is 6.07 Å². The zero-order valence-corrected chi connectivity index (χ0v) is 11.5. The van der Waals surface area contributed by atoms with E-state index in [0.717, 1.165) is 12.2 Å². The molecular formula is C13H15ClN4O2. The Balaban J connectivity index is 2.46. The van der Waals surface area contributed by atoms with Crippen molar-refractivity contribution in [3.63, 3.8) is 0 Å². The smallest absolute Gasteiger partial charge is 0.335 e. The Bertz CT molecular complexity index is 612. The number of alkyl halides is 1. The third-order valence-corrected chi connectivity index (χ3v) is 3.11. The highest BCUT2D eigenvalue weighted by Gasteiger charge is 2.14. The molecule has 0 amide bonds. The van der Waals surface area contributed by atoms with Crippen molar-refractivity contribution in [2.45, 2.75) is 18.7 Å². The molecule has 0 aliphatic carbocycles. The van der Waals surface area contributed by atoms with Crippen LogP contribution in [0.2, 0.25) is 0 Å². The van der Waals surface area contributed by atoms with Crippen LogP contribution in [0.4, 0.5) is 0 Å². The molecule has 0 spiro atoms. The average Bonchev–Trinajstić information content (AvgIpc) is 2.88. The predicted molar refractivity (Wildman–Crippen MR) is 75.3 cm³/mol. The summed E-state index contributed by atoms with van der Waals surface area (Å²) in [6.07, 6.45) is 1.44. The number of hydrogen-bond acceptors (Lipinski definition) is 4. The fourth-order valence-corrected chi connectivity index (χ4v) is 2.11. The number of aryl methyl sites for hydroxylation is 1. The maximum Gasteiger partial charge on any atom is 0.335 e. The maximum atomic E-state index is 11.1. The molecule has 0 atom stereocenters. The van der Waals surface area contributed by atoms with E-state index in [1.165, 1.54) is 6.07 Å². The lowest BCUT2D eigenvalue weighted by atomic mass is 10.2. The molecule has 1 aromatic carbocycles. The summed E-state index contributed by atoms with van der Waals surface area (Å²) in [5, 5.41) is 17.2. The largest absolute Gasteiger partial charge is 0.478 e. The molecule has 2 aromatic rings. The van der Waals surface area contributed by atoms with E-state index in [0.29, 0.717) is 24.5 Å². The molecule has 1 heterocycles. The summed E-state index contributed by atoms with van der Waals surface area (Å²) in [5.41, 5.74) is 6.41. The van der Waals surface area contributed by atoms with Gasteiger partial charge in [-0.3, -0.25) is 4.57 Å². The molecule has 20 heavy (non-hydrogen) atoms. The van der Waals surface area contributed by atoms with Crippen molar-refractivity contribution in [3.05, 3.63) is 41.5 Å². The van der Waals surface area contributed by atoms with E-state index in [4.69, 9.17) is 22.4 Å². The van der Waals surface area contributed by atoms with Gasteiger partial charge in [-0.15, -0.1) is 21.8 Å². The lowest BCUT2D eigenvalue weighted by Crippen LogP contribution is -2.08. The third kappa shape index (κ3) is 2.97. The number of carboxylic acids is 1. The van der Waals surface area contributed by atoms with Crippen LogP contribution in [0.15, 0.2) is 24.3 Å². The van der Waals surface area contributed by atoms with Crippen molar-refractivity contribution in [2.24, 2.45) is 5.73 Å². The molecule has 6 nitrogen and oxygen atoms in total.